The van der Waals surface area contributed by atoms with Crippen LogP contribution in [0.1, 0.15) is 209 Å². The molecule has 0 saturated carbocycles. The fraction of sp³-hybridized carbons (Fsp3) is 0.765. The van der Waals surface area contributed by atoms with Gasteiger partial charge >= 0.3 is 15.6 Å². The molecule has 0 saturated heterocycles. The van der Waals surface area contributed by atoms with Crippen LogP contribution in [0.4, 0.5) is 0 Å². The lowest BCUT2D eigenvalue weighted by Crippen LogP contribution is -2.45. The number of ether oxygens (including phenoxy) is 1. The molecular weight excluding hydrogens is 850 g/mol. The van der Waals surface area contributed by atoms with Gasteiger partial charge in [-0.3, -0.25) is 0 Å². The van der Waals surface area contributed by atoms with Crippen LogP contribution in [0.15, 0.2) is 24.3 Å². The van der Waals surface area contributed by atoms with E-state index >= 15 is 0 Å². The van der Waals surface area contributed by atoms with E-state index in [0.29, 0.717) is 0 Å². The molecule has 0 aliphatic rings. The van der Waals surface area contributed by atoms with Crippen molar-refractivity contribution in [2.24, 2.45) is 27.1 Å². The second-order valence-corrected chi connectivity index (χ2v) is 29.0. The summed E-state index contributed by atoms with van der Waals surface area (Å²) < 4.78 is 30.1. The van der Waals surface area contributed by atoms with Crippen LogP contribution in [0.3, 0.4) is 0 Å². The SMILES string of the molecule is Cc1cc(C(C)(C)CC(C)(C)C)c(OC(c2c(C(C)(C)CC(C)(C)C)cc(C)cc2C(C)(C)CC(C)(C)C)C(CO)(CO)CO)c(C(C)(C)CC(C)(C)C)c1.O=P(O)(O)OP(=O)(O)O. The van der Waals surface area contributed by atoms with Gasteiger partial charge in [-0.25, -0.2) is 9.13 Å². The van der Waals surface area contributed by atoms with E-state index in [4.69, 9.17) is 24.3 Å². The number of phosphoric acid groups is 2. The third kappa shape index (κ3) is 18.5. The lowest BCUT2D eigenvalue weighted by molar-refractivity contribution is -0.0765. The molecule has 0 aliphatic carbocycles. The van der Waals surface area contributed by atoms with E-state index < -0.39 is 47.0 Å². The highest BCUT2D eigenvalue weighted by molar-refractivity contribution is 7.60. The molecule has 11 nitrogen and oxygen atoms in total. The van der Waals surface area contributed by atoms with Gasteiger partial charge in [0.25, 0.3) is 0 Å². The van der Waals surface area contributed by atoms with Crippen molar-refractivity contribution in [3.63, 3.8) is 0 Å². The van der Waals surface area contributed by atoms with E-state index in [1.54, 1.807) is 0 Å². The highest BCUT2D eigenvalue weighted by Gasteiger charge is 2.48. The number of rotatable bonds is 17. The number of benzene rings is 2. The molecule has 0 radical (unpaired) electrons. The molecule has 0 fully saturated rings. The zero-order valence-corrected chi connectivity index (χ0v) is 45.8. The van der Waals surface area contributed by atoms with Gasteiger partial charge in [0.05, 0.1) is 25.2 Å². The molecule has 1 unspecified atom stereocenters. The first-order valence-electron chi connectivity index (χ1n) is 22.7. The summed E-state index contributed by atoms with van der Waals surface area (Å²) in [5, 5.41) is 34.5. The summed E-state index contributed by atoms with van der Waals surface area (Å²) in [4.78, 5) is 31.0. The van der Waals surface area contributed by atoms with Gasteiger partial charge in [0.15, 0.2) is 0 Å². The van der Waals surface area contributed by atoms with Crippen molar-refractivity contribution in [2.75, 3.05) is 19.8 Å². The third-order valence-corrected chi connectivity index (χ3v) is 13.3. The molecule has 2 aromatic carbocycles. The average Bonchev–Trinajstić information content (AvgIpc) is 2.99. The number of aliphatic hydroxyl groups excluding tert-OH is 3. The predicted octanol–water partition coefficient (Wildman–Crippen LogP) is 12.4. The summed E-state index contributed by atoms with van der Waals surface area (Å²) in [7, 11) is -10.1. The van der Waals surface area contributed by atoms with Gasteiger partial charge in [0.1, 0.15) is 11.9 Å². The Kier molecular flexibility index (Phi) is 19.4. The van der Waals surface area contributed by atoms with Gasteiger partial charge in [-0.2, -0.15) is 4.31 Å². The largest absolute Gasteiger partial charge is 0.484 e. The maximum Gasteiger partial charge on any atom is 0.478 e. The van der Waals surface area contributed by atoms with Crippen molar-refractivity contribution in [3.05, 3.63) is 63.2 Å². The highest BCUT2D eigenvalue weighted by Crippen LogP contribution is 2.55. The fourth-order valence-electron chi connectivity index (χ4n) is 10.9. The van der Waals surface area contributed by atoms with E-state index in [1.807, 2.05) is 0 Å². The van der Waals surface area contributed by atoms with Gasteiger partial charge in [-0.15, -0.1) is 0 Å². The zero-order chi connectivity index (χ0) is 50.9. The maximum atomic E-state index is 11.5. The minimum Gasteiger partial charge on any atom is -0.484 e. The lowest BCUT2D eigenvalue weighted by Gasteiger charge is -2.46. The molecule has 2 aromatic rings. The molecule has 0 aliphatic heterocycles. The van der Waals surface area contributed by atoms with E-state index in [-0.39, 0.29) is 43.3 Å². The standard InChI is InChI=1S/C51H88O4.H4O7P2/c1-34-23-36(47(15,16)27-43(3,4)5)40(37(24-34)48(17,18)28-44(6,7)8)42(51(31-52,32-53)33-54)55-41-38(49(19,20)29-45(9,10)11)25-35(2)26-39(41)50(21,22)30-46(12,13)14;1-8(2,3)7-9(4,5)6/h23-26,42,52-54H,27-33H2,1-22H3;(H2,1,2,3)(H2,4,5,6). The Morgan fingerprint density at radius 2 is 0.688 bits per heavy atom. The van der Waals surface area contributed by atoms with Crippen molar-refractivity contribution < 1.29 is 53.1 Å². The molecule has 1 atom stereocenters. The first-order chi connectivity index (χ1) is 28.1. The van der Waals surface area contributed by atoms with Crippen LogP contribution in [-0.4, -0.2) is 54.7 Å². The quantitative estimate of drug-likeness (QED) is 0.0746. The van der Waals surface area contributed by atoms with Crippen LogP contribution in [0.25, 0.3) is 0 Å². The molecule has 0 amide bonds. The molecular formula is C51H92O11P2. The van der Waals surface area contributed by atoms with E-state index in [9.17, 15) is 24.4 Å². The predicted molar refractivity (Wildman–Crippen MR) is 263 cm³/mol. The Hall–Kier alpha value is -1.62. The number of hydrogen-bond donors (Lipinski definition) is 7. The van der Waals surface area contributed by atoms with Gasteiger partial charge in [0.2, 0.25) is 0 Å². The Morgan fingerprint density at radius 1 is 0.453 bits per heavy atom. The Bertz CT molecular complexity index is 1830. The molecule has 0 heterocycles. The molecule has 13 heteroatoms. The molecule has 372 valence electrons. The van der Waals surface area contributed by atoms with Crippen molar-refractivity contribution in [1.82, 2.24) is 0 Å². The van der Waals surface area contributed by atoms with E-state index in [1.165, 1.54) is 11.1 Å². The Morgan fingerprint density at radius 3 is 0.891 bits per heavy atom. The van der Waals surface area contributed by atoms with Gasteiger partial charge < -0.3 is 39.6 Å². The first-order valence-corrected chi connectivity index (χ1v) is 25.8. The van der Waals surface area contributed by atoms with Crippen molar-refractivity contribution >= 4 is 15.6 Å². The smallest absolute Gasteiger partial charge is 0.478 e. The van der Waals surface area contributed by atoms with Crippen molar-refractivity contribution in [3.8, 4) is 5.75 Å². The Labute approximate surface area is 389 Å². The van der Waals surface area contributed by atoms with Crippen LogP contribution >= 0.6 is 15.6 Å². The fourth-order valence-corrected chi connectivity index (χ4v) is 12.0. The Balaban J connectivity index is 0.00000204. The summed E-state index contributed by atoms with van der Waals surface area (Å²) in [6.45, 7) is 49.2. The summed E-state index contributed by atoms with van der Waals surface area (Å²) in [5.41, 5.74) is 5.47. The number of hydrogen-bond acceptors (Lipinski definition) is 7. The third-order valence-electron chi connectivity index (χ3n) is 11.6. The zero-order valence-electron chi connectivity index (χ0n) is 44.0. The van der Waals surface area contributed by atoms with Crippen LogP contribution in [0, 0.1) is 40.9 Å². The van der Waals surface area contributed by atoms with Crippen LogP contribution in [0.2, 0.25) is 0 Å². The van der Waals surface area contributed by atoms with Crippen LogP contribution in [0.5, 0.6) is 5.75 Å². The molecule has 7 N–H and O–H groups in total. The van der Waals surface area contributed by atoms with Crippen LogP contribution in [-0.2, 0) is 35.1 Å². The van der Waals surface area contributed by atoms with Gasteiger partial charge in [-0.1, -0.05) is 174 Å². The normalized spacial score (nSPS) is 14.9. The minimum atomic E-state index is -5.05. The topological polar surface area (TPSA) is 194 Å². The summed E-state index contributed by atoms with van der Waals surface area (Å²) >= 11 is 0. The maximum absolute atomic E-state index is 11.5. The highest BCUT2D eigenvalue weighted by atomic mass is 31.3. The van der Waals surface area contributed by atoms with E-state index in [2.05, 4.69) is 181 Å². The second kappa shape index (κ2) is 20.5. The summed E-state index contributed by atoms with van der Waals surface area (Å²) in [6.07, 6.45) is 2.79. The van der Waals surface area contributed by atoms with Crippen LogP contribution < -0.4 is 4.74 Å². The average molecular weight is 943 g/mol. The minimum absolute atomic E-state index is 0.0231. The second-order valence-electron chi connectivity index (χ2n) is 26.3. The van der Waals surface area contributed by atoms with E-state index in [0.717, 1.165) is 59.3 Å². The van der Waals surface area contributed by atoms with Crippen molar-refractivity contribution in [2.45, 2.75) is 206 Å². The molecule has 0 aromatic heterocycles. The van der Waals surface area contributed by atoms with Crippen molar-refractivity contribution in [1.29, 1.82) is 0 Å². The number of aliphatic hydroxyl groups is 3. The molecule has 2 rings (SSSR count). The van der Waals surface area contributed by atoms with Gasteiger partial charge in [0, 0.05) is 16.7 Å². The summed E-state index contributed by atoms with van der Waals surface area (Å²) in [5.74, 6) is 0.818. The molecule has 64 heavy (non-hydrogen) atoms. The summed E-state index contributed by atoms with van der Waals surface area (Å²) in [6, 6.07) is 9.23. The molecule has 0 spiro atoms. The number of aryl methyl sites for hydroxylation is 2. The molecule has 0 bridgehead atoms. The van der Waals surface area contributed by atoms with Gasteiger partial charge in [-0.05, 0) is 94.0 Å². The first kappa shape index (κ1) is 60.4. The monoisotopic (exact) mass is 943 g/mol. The lowest BCUT2D eigenvalue weighted by atomic mass is 9.63.